The maximum absolute atomic E-state index is 9.47. The van der Waals surface area contributed by atoms with Crippen LogP contribution in [0.2, 0.25) is 5.02 Å². The molecule has 106 valence electrons. The predicted molar refractivity (Wildman–Crippen MR) is 82.5 cm³/mol. The first kappa shape index (κ1) is 14.7. The highest BCUT2D eigenvalue weighted by atomic mass is 35.5. The average Bonchev–Trinajstić information content (AvgIpc) is 2.47. The van der Waals surface area contributed by atoms with Gasteiger partial charge in [0, 0.05) is 29.9 Å². The van der Waals surface area contributed by atoms with Crippen LogP contribution in [-0.4, -0.2) is 19.3 Å². The zero-order valence-electron chi connectivity index (χ0n) is 11.6. The number of rotatable bonds is 5. The molecule has 0 aromatic heterocycles. The van der Waals surface area contributed by atoms with Crippen LogP contribution in [0.4, 0.5) is 5.69 Å². The molecule has 4 heteroatoms. The van der Waals surface area contributed by atoms with Gasteiger partial charge >= 0.3 is 0 Å². The molecule has 2 aromatic carbocycles. The molecule has 20 heavy (non-hydrogen) atoms. The van der Waals surface area contributed by atoms with Gasteiger partial charge in [0.2, 0.25) is 0 Å². The molecule has 0 saturated carbocycles. The van der Waals surface area contributed by atoms with Crippen molar-refractivity contribution in [3.05, 3.63) is 58.6 Å². The summed E-state index contributed by atoms with van der Waals surface area (Å²) in [5, 5.41) is 10.1. The molecule has 1 N–H and O–H groups in total. The highest BCUT2D eigenvalue weighted by Gasteiger charge is 2.10. The normalized spacial score (nSPS) is 10.4. The number of ether oxygens (including phenoxy) is 1. The second-order valence-corrected chi connectivity index (χ2v) is 5.01. The molecule has 0 heterocycles. The fourth-order valence-electron chi connectivity index (χ4n) is 2.19. The van der Waals surface area contributed by atoms with Gasteiger partial charge in [0.05, 0.1) is 13.7 Å². The molecule has 0 aliphatic carbocycles. The van der Waals surface area contributed by atoms with Crippen LogP contribution >= 0.6 is 11.6 Å². The lowest BCUT2D eigenvalue weighted by atomic mass is 10.1. The van der Waals surface area contributed by atoms with E-state index in [1.54, 1.807) is 13.2 Å². The maximum atomic E-state index is 9.47. The second kappa shape index (κ2) is 6.64. The number of nitrogens with zero attached hydrogens (tertiary/aromatic N) is 1. The summed E-state index contributed by atoms with van der Waals surface area (Å²) in [5.41, 5.74) is 2.82. The van der Waals surface area contributed by atoms with Crippen molar-refractivity contribution in [3.63, 3.8) is 0 Å². The molecule has 0 atom stereocenters. The van der Waals surface area contributed by atoms with Gasteiger partial charge in [-0.05, 0) is 29.8 Å². The van der Waals surface area contributed by atoms with E-state index in [4.69, 9.17) is 16.3 Å². The molecule has 2 rings (SSSR count). The molecule has 3 nitrogen and oxygen atoms in total. The van der Waals surface area contributed by atoms with Crippen molar-refractivity contribution in [1.82, 2.24) is 0 Å². The van der Waals surface area contributed by atoms with E-state index in [1.165, 1.54) is 0 Å². The zero-order chi connectivity index (χ0) is 14.5. The third kappa shape index (κ3) is 3.24. The minimum Gasteiger partial charge on any atom is -0.497 e. The van der Waals surface area contributed by atoms with E-state index in [1.807, 2.05) is 43.4 Å². The number of hydrogen-bond donors (Lipinski definition) is 1. The first-order valence-corrected chi connectivity index (χ1v) is 6.76. The Morgan fingerprint density at radius 3 is 2.65 bits per heavy atom. The van der Waals surface area contributed by atoms with E-state index in [0.29, 0.717) is 11.6 Å². The van der Waals surface area contributed by atoms with Crippen molar-refractivity contribution >= 4 is 17.3 Å². The molecular formula is C16H18ClNO2. The van der Waals surface area contributed by atoms with Gasteiger partial charge in [0.15, 0.2) is 0 Å². The minimum absolute atomic E-state index is 0.0720. The van der Waals surface area contributed by atoms with Crippen molar-refractivity contribution < 1.29 is 9.84 Å². The number of halogens is 1. The van der Waals surface area contributed by atoms with Crippen LogP contribution in [0.3, 0.4) is 0 Å². The highest BCUT2D eigenvalue weighted by molar-refractivity contribution is 6.31. The molecular weight excluding hydrogens is 274 g/mol. The summed E-state index contributed by atoms with van der Waals surface area (Å²) in [5.74, 6) is 0.837. The van der Waals surface area contributed by atoms with Crippen LogP contribution in [0.1, 0.15) is 11.1 Å². The summed E-state index contributed by atoms with van der Waals surface area (Å²) in [4.78, 5) is 2.06. The molecule has 0 aliphatic heterocycles. The fourth-order valence-corrected chi connectivity index (χ4v) is 2.42. The Labute approximate surface area is 124 Å². The molecule has 0 saturated heterocycles. The molecule has 2 aromatic rings. The summed E-state index contributed by atoms with van der Waals surface area (Å²) in [6.07, 6.45) is 0. The topological polar surface area (TPSA) is 32.7 Å². The zero-order valence-corrected chi connectivity index (χ0v) is 12.4. The quantitative estimate of drug-likeness (QED) is 0.915. The Morgan fingerprint density at radius 1 is 1.20 bits per heavy atom. The second-order valence-electron chi connectivity index (χ2n) is 4.60. The Morgan fingerprint density at radius 2 is 1.95 bits per heavy atom. The SMILES string of the molecule is COc1cccc(CN(C)c2cccc(Cl)c2CO)c1. The van der Waals surface area contributed by atoms with E-state index in [2.05, 4.69) is 4.90 Å². The van der Waals surface area contributed by atoms with Crippen molar-refractivity contribution in [2.75, 3.05) is 19.1 Å². The summed E-state index contributed by atoms with van der Waals surface area (Å²) in [6.45, 7) is 0.641. The summed E-state index contributed by atoms with van der Waals surface area (Å²) in [7, 11) is 3.63. The lowest BCUT2D eigenvalue weighted by Crippen LogP contribution is -2.18. The number of hydrogen-bond acceptors (Lipinski definition) is 3. The summed E-state index contributed by atoms with van der Waals surface area (Å²) >= 11 is 6.12. The largest absolute Gasteiger partial charge is 0.497 e. The van der Waals surface area contributed by atoms with Crippen molar-refractivity contribution in [1.29, 1.82) is 0 Å². The lowest BCUT2D eigenvalue weighted by molar-refractivity contribution is 0.282. The van der Waals surface area contributed by atoms with Gasteiger partial charge < -0.3 is 14.7 Å². The molecule has 0 bridgehead atoms. The molecule has 0 amide bonds. The van der Waals surface area contributed by atoms with Gasteiger partial charge in [-0.2, -0.15) is 0 Å². The van der Waals surface area contributed by atoms with E-state index in [9.17, 15) is 5.11 Å². The van der Waals surface area contributed by atoms with Gasteiger partial charge in [-0.15, -0.1) is 0 Å². The number of benzene rings is 2. The minimum atomic E-state index is -0.0720. The predicted octanol–water partition coefficient (Wildman–Crippen LogP) is 3.48. The van der Waals surface area contributed by atoms with Crippen LogP contribution in [0.15, 0.2) is 42.5 Å². The number of anilines is 1. The third-order valence-corrected chi connectivity index (χ3v) is 3.57. The molecule has 0 radical (unpaired) electrons. The van der Waals surface area contributed by atoms with Gasteiger partial charge in [0.1, 0.15) is 5.75 Å². The number of aliphatic hydroxyl groups is 1. The Bertz CT molecular complexity index is 586. The van der Waals surface area contributed by atoms with Crippen molar-refractivity contribution in [2.24, 2.45) is 0 Å². The van der Waals surface area contributed by atoms with Gasteiger partial charge in [0.25, 0.3) is 0 Å². The van der Waals surface area contributed by atoms with E-state index in [0.717, 1.165) is 22.6 Å². The number of methoxy groups -OCH3 is 1. The van der Waals surface area contributed by atoms with Crippen LogP contribution < -0.4 is 9.64 Å². The smallest absolute Gasteiger partial charge is 0.119 e. The summed E-state index contributed by atoms with van der Waals surface area (Å²) in [6, 6.07) is 13.6. The molecule has 0 aliphatic rings. The summed E-state index contributed by atoms with van der Waals surface area (Å²) < 4.78 is 5.23. The lowest BCUT2D eigenvalue weighted by Gasteiger charge is -2.23. The first-order valence-electron chi connectivity index (χ1n) is 6.38. The Balaban J connectivity index is 2.23. The van der Waals surface area contributed by atoms with Crippen molar-refractivity contribution in [3.8, 4) is 5.75 Å². The standard InChI is InChI=1S/C16H18ClNO2/c1-18(10-12-5-3-6-13(9-12)20-2)16-8-4-7-15(17)14(16)11-19/h3-9,19H,10-11H2,1-2H3. The molecule has 0 spiro atoms. The van der Waals surface area contributed by atoms with Gasteiger partial charge in [-0.3, -0.25) is 0 Å². The van der Waals surface area contributed by atoms with Crippen LogP contribution in [0.25, 0.3) is 0 Å². The van der Waals surface area contributed by atoms with Gasteiger partial charge in [-0.1, -0.05) is 29.8 Å². The Hall–Kier alpha value is -1.71. The first-order chi connectivity index (χ1) is 9.65. The fraction of sp³-hybridized carbons (Fsp3) is 0.250. The van der Waals surface area contributed by atoms with Crippen molar-refractivity contribution in [2.45, 2.75) is 13.2 Å². The van der Waals surface area contributed by atoms with Crippen LogP contribution in [-0.2, 0) is 13.2 Å². The maximum Gasteiger partial charge on any atom is 0.119 e. The van der Waals surface area contributed by atoms with Crippen LogP contribution in [0.5, 0.6) is 5.75 Å². The molecule has 0 fully saturated rings. The highest BCUT2D eigenvalue weighted by Crippen LogP contribution is 2.28. The average molecular weight is 292 g/mol. The van der Waals surface area contributed by atoms with E-state index < -0.39 is 0 Å². The van der Waals surface area contributed by atoms with E-state index >= 15 is 0 Å². The number of aliphatic hydroxyl groups excluding tert-OH is 1. The molecule has 0 unspecified atom stereocenters. The van der Waals surface area contributed by atoms with Crippen LogP contribution in [0, 0.1) is 0 Å². The monoisotopic (exact) mass is 291 g/mol. The third-order valence-electron chi connectivity index (χ3n) is 3.22. The Kier molecular flexibility index (Phi) is 4.88. The van der Waals surface area contributed by atoms with E-state index in [-0.39, 0.29) is 6.61 Å². The van der Waals surface area contributed by atoms with Gasteiger partial charge in [-0.25, -0.2) is 0 Å².